The van der Waals surface area contributed by atoms with Crippen LogP contribution in [0.25, 0.3) is 0 Å². The van der Waals surface area contributed by atoms with Gasteiger partial charge in [-0.15, -0.1) is 0 Å². The lowest BCUT2D eigenvalue weighted by Crippen LogP contribution is -2.13. The molecule has 0 aliphatic carbocycles. The van der Waals surface area contributed by atoms with Gasteiger partial charge in [-0.25, -0.2) is 0 Å². The standard InChI is InChI=1S/C14H14O6S2/c1-10-7-8-14(21(15,16)17)12(9-10)20-22(18,19)13-6-4-3-5-11(13)2/h3-9H,1-2H3,(H,15,16,17). The van der Waals surface area contributed by atoms with Crippen LogP contribution in [0.2, 0.25) is 0 Å². The predicted octanol–water partition coefficient (Wildman–Crippen LogP) is 2.32. The molecule has 2 aromatic rings. The van der Waals surface area contributed by atoms with E-state index in [4.69, 9.17) is 4.18 Å². The van der Waals surface area contributed by atoms with Crippen LogP contribution >= 0.6 is 0 Å². The number of aryl methyl sites for hydroxylation is 2. The van der Waals surface area contributed by atoms with Crippen LogP contribution in [0.4, 0.5) is 0 Å². The monoisotopic (exact) mass is 342 g/mol. The molecule has 0 atom stereocenters. The highest BCUT2D eigenvalue weighted by molar-refractivity contribution is 7.87. The lowest BCUT2D eigenvalue weighted by atomic mass is 10.2. The summed E-state index contributed by atoms with van der Waals surface area (Å²) in [4.78, 5) is -0.673. The van der Waals surface area contributed by atoms with Crippen LogP contribution in [-0.4, -0.2) is 21.4 Å². The average molecular weight is 342 g/mol. The fourth-order valence-electron chi connectivity index (χ4n) is 1.89. The van der Waals surface area contributed by atoms with Crippen molar-refractivity contribution in [2.75, 3.05) is 0 Å². The average Bonchev–Trinajstić information content (AvgIpc) is 2.36. The van der Waals surface area contributed by atoms with Crippen LogP contribution in [0.3, 0.4) is 0 Å². The molecule has 0 amide bonds. The largest absolute Gasteiger partial charge is 0.377 e. The molecule has 0 spiro atoms. The van der Waals surface area contributed by atoms with E-state index in [9.17, 15) is 21.4 Å². The van der Waals surface area contributed by atoms with Crippen molar-refractivity contribution in [3.8, 4) is 5.75 Å². The molecule has 22 heavy (non-hydrogen) atoms. The van der Waals surface area contributed by atoms with E-state index in [1.54, 1.807) is 26.0 Å². The molecular weight excluding hydrogens is 328 g/mol. The van der Waals surface area contributed by atoms with E-state index in [2.05, 4.69) is 0 Å². The van der Waals surface area contributed by atoms with Gasteiger partial charge in [-0.3, -0.25) is 4.55 Å². The number of hydrogen-bond acceptors (Lipinski definition) is 5. The minimum atomic E-state index is -4.60. The Hall–Kier alpha value is -1.90. The Morgan fingerprint density at radius 1 is 0.909 bits per heavy atom. The molecule has 0 saturated carbocycles. The lowest BCUT2D eigenvalue weighted by molar-refractivity contribution is 0.463. The highest BCUT2D eigenvalue weighted by Crippen LogP contribution is 2.28. The number of hydrogen-bond donors (Lipinski definition) is 1. The summed E-state index contributed by atoms with van der Waals surface area (Å²) in [6, 6.07) is 9.90. The second-order valence-corrected chi connectivity index (χ2v) is 7.63. The van der Waals surface area contributed by atoms with E-state index in [1.165, 1.54) is 24.3 Å². The zero-order chi connectivity index (χ0) is 16.5. The van der Waals surface area contributed by atoms with E-state index >= 15 is 0 Å². The molecule has 2 aromatic carbocycles. The van der Waals surface area contributed by atoms with Gasteiger partial charge in [0, 0.05) is 0 Å². The van der Waals surface area contributed by atoms with E-state index in [0.29, 0.717) is 11.1 Å². The van der Waals surface area contributed by atoms with Crippen molar-refractivity contribution < 1.29 is 25.6 Å². The topological polar surface area (TPSA) is 97.7 Å². The van der Waals surface area contributed by atoms with E-state index < -0.39 is 30.9 Å². The molecule has 118 valence electrons. The second-order valence-electron chi connectivity index (χ2n) is 4.73. The summed E-state index contributed by atoms with van der Waals surface area (Å²) in [5.41, 5.74) is 1.05. The maximum absolute atomic E-state index is 12.3. The Bertz CT molecular complexity index is 914. The SMILES string of the molecule is Cc1ccc(S(=O)(=O)O)c(OS(=O)(=O)c2ccccc2C)c1. The van der Waals surface area contributed by atoms with Crippen LogP contribution < -0.4 is 4.18 Å². The van der Waals surface area contributed by atoms with Crippen molar-refractivity contribution in [3.63, 3.8) is 0 Å². The summed E-state index contributed by atoms with van der Waals surface area (Å²) in [7, 11) is -8.82. The summed E-state index contributed by atoms with van der Waals surface area (Å²) in [6.07, 6.45) is 0. The third kappa shape index (κ3) is 3.46. The van der Waals surface area contributed by atoms with Crippen LogP contribution in [-0.2, 0) is 20.2 Å². The maximum Gasteiger partial charge on any atom is 0.339 e. The van der Waals surface area contributed by atoms with Crippen molar-refractivity contribution >= 4 is 20.2 Å². The van der Waals surface area contributed by atoms with Gasteiger partial charge in [0.25, 0.3) is 10.1 Å². The van der Waals surface area contributed by atoms with E-state index in [0.717, 1.165) is 6.07 Å². The van der Waals surface area contributed by atoms with Crippen molar-refractivity contribution in [2.24, 2.45) is 0 Å². The molecule has 0 heterocycles. The van der Waals surface area contributed by atoms with Crippen molar-refractivity contribution in [1.82, 2.24) is 0 Å². The highest BCUT2D eigenvalue weighted by Gasteiger charge is 2.24. The number of rotatable bonds is 4. The third-order valence-electron chi connectivity index (χ3n) is 2.94. The first-order valence-electron chi connectivity index (χ1n) is 6.19. The highest BCUT2D eigenvalue weighted by atomic mass is 32.2. The van der Waals surface area contributed by atoms with Gasteiger partial charge in [0.1, 0.15) is 9.79 Å². The van der Waals surface area contributed by atoms with Gasteiger partial charge >= 0.3 is 10.1 Å². The Morgan fingerprint density at radius 3 is 2.14 bits per heavy atom. The first-order valence-corrected chi connectivity index (χ1v) is 9.04. The quantitative estimate of drug-likeness (QED) is 0.676. The molecule has 0 radical (unpaired) electrons. The molecule has 0 bridgehead atoms. The molecule has 0 aromatic heterocycles. The smallest absolute Gasteiger partial charge is 0.339 e. The summed E-state index contributed by atoms with van der Waals surface area (Å²) >= 11 is 0. The predicted molar refractivity (Wildman–Crippen MR) is 80.0 cm³/mol. The summed E-state index contributed by atoms with van der Waals surface area (Å²) in [5, 5.41) is 0. The summed E-state index contributed by atoms with van der Waals surface area (Å²) in [5.74, 6) is -0.439. The fourth-order valence-corrected chi connectivity index (χ4v) is 3.71. The Kier molecular flexibility index (Phi) is 4.28. The summed E-state index contributed by atoms with van der Waals surface area (Å²) < 4.78 is 61.4. The molecule has 0 aliphatic rings. The van der Waals surface area contributed by atoms with Crippen LogP contribution in [0.1, 0.15) is 11.1 Å². The molecule has 0 saturated heterocycles. The van der Waals surface area contributed by atoms with Crippen LogP contribution in [0, 0.1) is 13.8 Å². The lowest BCUT2D eigenvalue weighted by Gasteiger charge is -2.12. The van der Waals surface area contributed by atoms with Gasteiger partial charge in [0.2, 0.25) is 0 Å². The van der Waals surface area contributed by atoms with Gasteiger partial charge in [-0.1, -0.05) is 24.3 Å². The number of benzene rings is 2. The van der Waals surface area contributed by atoms with Crippen LogP contribution in [0.5, 0.6) is 5.75 Å². The molecule has 0 aliphatic heterocycles. The molecule has 1 N–H and O–H groups in total. The molecule has 0 unspecified atom stereocenters. The van der Waals surface area contributed by atoms with E-state index in [-0.39, 0.29) is 4.90 Å². The van der Waals surface area contributed by atoms with Crippen molar-refractivity contribution in [3.05, 3.63) is 53.6 Å². The second kappa shape index (κ2) is 5.71. The zero-order valence-corrected chi connectivity index (χ0v) is 13.5. The van der Waals surface area contributed by atoms with E-state index in [1.807, 2.05) is 0 Å². The Balaban J connectivity index is 2.56. The normalized spacial score (nSPS) is 12.1. The van der Waals surface area contributed by atoms with Crippen molar-refractivity contribution in [1.29, 1.82) is 0 Å². The van der Waals surface area contributed by atoms with Gasteiger partial charge in [-0.2, -0.15) is 16.8 Å². The first kappa shape index (κ1) is 16.5. The summed E-state index contributed by atoms with van der Waals surface area (Å²) in [6.45, 7) is 3.23. The molecule has 2 rings (SSSR count). The van der Waals surface area contributed by atoms with Gasteiger partial charge in [0.05, 0.1) is 0 Å². The molecular formula is C14H14O6S2. The van der Waals surface area contributed by atoms with Gasteiger partial charge < -0.3 is 4.18 Å². The molecule has 8 heteroatoms. The van der Waals surface area contributed by atoms with Crippen molar-refractivity contribution in [2.45, 2.75) is 23.6 Å². The molecule has 6 nitrogen and oxygen atoms in total. The Labute approximate surface area is 129 Å². The maximum atomic E-state index is 12.3. The minimum Gasteiger partial charge on any atom is -0.377 e. The fraction of sp³-hybridized carbons (Fsp3) is 0.143. The third-order valence-corrected chi connectivity index (χ3v) is 5.23. The minimum absolute atomic E-state index is 0.0715. The zero-order valence-electron chi connectivity index (χ0n) is 11.8. The van der Waals surface area contributed by atoms with Gasteiger partial charge in [-0.05, 0) is 43.2 Å². The molecule has 0 fully saturated rings. The Morgan fingerprint density at radius 2 is 1.55 bits per heavy atom. The van der Waals surface area contributed by atoms with Gasteiger partial charge in [0.15, 0.2) is 5.75 Å². The first-order chi connectivity index (χ1) is 10.1. The van der Waals surface area contributed by atoms with Crippen LogP contribution in [0.15, 0.2) is 52.3 Å².